The van der Waals surface area contributed by atoms with Gasteiger partial charge in [-0.3, -0.25) is 4.79 Å². The van der Waals surface area contributed by atoms with Crippen LogP contribution in [0, 0.1) is 5.82 Å². The topological polar surface area (TPSA) is 69.2 Å². The van der Waals surface area contributed by atoms with Gasteiger partial charge in [0.1, 0.15) is 12.1 Å². The molecule has 0 bridgehead atoms. The fourth-order valence-electron chi connectivity index (χ4n) is 2.11. The van der Waals surface area contributed by atoms with Crippen LogP contribution in [-0.2, 0) is 11.4 Å². The van der Waals surface area contributed by atoms with Crippen LogP contribution in [0.5, 0.6) is 0 Å². The zero-order valence-electron chi connectivity index (χ0n) is 13.4. The number of aromatic nitrogens is 2. The van der Waals surface area contributed by atoms with Crippen molar-refractivity contribution < 1.29 is 13.7 Å². The fourth-order valence-corrected chi connectivity index (χ4v) is 2.43. The molecule has 0 radical (unpaired) electrons. The van der Waals surface area contributed by atoms with E-state index >= 15 is 0 Å². The van der Waals surface area contributed by atoms with Crippen molar-refractivity contribution in [3.63, 3.8) is 0 Å². The lowest BCUT2D eigenvalue weighted by atomic mass is 9.99. The molecule has 2 aromatic rings. The van der Waals surface area contributed by atoms with Gasteiger partial charge in [-0.15, -0.1) is 0 Å². The first kappa shape index (κ1) is 17.4. The van der Waals surface area contributed by atoms with Crippen LogP contribution in [0.4, 0.5) is 10.3 Å². The molecule has 0 aliphatic rings. The van der Waals surface area contributed by atoms with E-state index in [1.165, 1.54) is 22.7 Å². The summed E-state index contributed by atoms with van der Waals surface area (Å²) in [4.78, 5) is 20.3. The minimum atomic E-state index is -1.30. The van der Waals surface area contributed by atoms with E-state index in [9.17, 15) is 13.7 Å². The Morgan fingerprint density at radius 1 is 1.26 bits per heavy atom. The van der Waals surface area contributed by atoms with E-state index in [1.54, 1.807) is 19.2 Å². The van der Waals surface area contributed by atoms with Gasteiger partial charge in [0, 0.05) is 5.56 Å². The van der Waals surface area contributed by atoms with Crippen molar-refractivity contribution in [2.75, 3.05) is 17.6 Å². The van der Waals surface area contributed by atoms with E-state index in [0.29, 0.717) is 28.8 Å². The van der Waals surface area contributed by atoms with Crippen molar-refractivity contribution in [3.8, 4) is 11.3 Å². The number of carbonyl (C=O) groups excluding carboxylic acids is 1. The van der Waals surface area contributed by atoms with Gasteiger partial charge in [0.05, 0.1) is 35.4 Å². The zero-order valence-corrected chi connectivity index (χ0v) is 14.2. The largest absolute Gasteiger partial charge is 0.593 e. The Kier molecular flexibility index (Phi) is 5.33. The van der Waals surface area contributed by atoms with Gasteiger partial charge in [-0.25, -0.2) is 14.4 Å². The summed E-state index contributed by atoms with van der Waals surface area (Å²) < 4.78 is 26.3. The minimum Gasteiger partial charge on any atom is -0.593 e. The molecule has 0 saturated carbocycles. The molecule has 1 atom stereocenters. The highest BCUT2D eigenvalue weighted by Crippen LogP contribution is 2.29. The number of benzene rings is 1. The third-order valence-corrected chi connectivity index (χ3v) is 4.35. The van der Waals surface area contributed by atoms with Crippen molar-refractivity contribution in [2.45, 2.75) is 19.8 Å². The monoisotopic (exact) mass is 335 g/mol. The molecule has 2 rings (SSSR count). The lowest BCUT2D eigenvalue weighted by molar-refractivity contribution is 0.112. The van der Waals surface area contributed by atoms with Crippen molar-refractivity contribution in [1.29, 1.82) is 0 Å². The maximum Gasteiger partial charge on any atom is 0.268 e. The van der Waals surface area contributed by atoms with Crippen molar-refractivity contribution in [1.82, 2.24) is 9.97 Å². The number of carbonyl (C=O) groups is 1. The minimum absolute atomic E-state index is 0.0187. The second-order valence-corrected chi connectivity index (χ2v) is 6.77. The Labute approximate surface area is 137 Å². The second-order valence-electron chi connectivity index (χ2n) is 5.37. The summed E-state index contributed by atoms with van der Waals surface area (Å²) in [5.74, 6) is -0.124. The molecular weight excluding hydrogens is 317 g/mol. The maximum atomic E-state index is 13.2. The quantitative estimate of drug-likeness (QED) is 0.621. The summed E-state index contributed by atoms with van der Waals surface area (Å²) in [6.45, 7) is 3.83. The number of anilines is 1. The molecule has 0 aliphatic heterocycles. The zero-order chi connectivity index (χ0) is 17.1. The highest BCUT2D eigenvalue weighted by atomic mass is 32.2. The van der Waals surface area contributed by atoms with Crippen LogP contribution >= 0.6 is 0 Å². The standard InChI is InChI=1S/C16H18FN3O2S/c1-10(2)14-13(9-21)15(11-5-7-12(17)8-6-11)19-16(18-14)20(3)23(4)22/h5-10H,1-4H3. The number of halogens is 1. The van der Waals surface area contributed by atoms with Crippen LogP contribution in [0.15, 0.2) is 24.3 Å². The maximum absolute atomic E-state index is 13.2. The molecule has 1 unspecified atom stereocenters. The molecule has 0 N–H and O–H groups in total. The molecule has 0 aliphatic carbocycles. The van der Waals surface area contributed by atoms with Gasteiger partial charge in [-0.2, -0.15) is 4.31 Å². The van der Waals surface area contributed by atoms with Crippen molar-refractivity contribution >= 4 is 23.6 Å². The molecule has 1 heterocycles. The fraction of sp³-hybridized carbons (Fsp3) is 0.312. The Hall–Kier alpha value is -1.99. The third kappa shape index (κ3) is 3.68. The molecule has 0 spiro atoms. The van der Waals surface area contributed by atoms with E-state index in [0.717, 1.165) is 0 Å². The van der Waals surface area contributed by atoms with Gasteiger partial charge >= 0.3 is 0 Å². The summed E-state index contributed by atoms with van der Waals surface area (Å²) in [5, 5.41) is 0. The average Bonchev–Trinajstić information content (AvgIpc) is 2.53. The Morgan fingerprint density at radius 3 is 2.35 bits per heavy atom. The Balaban J connectivity index is 2.71. The van der Waals surface area contributed by atoms with Gasteiger partial charge in [0.2, 0.25) is 0 Å². The lowest BCUT2D eigenvalue weighted by Gasteiger charge is -2.20. The van der Waals surface area contributed by atoms with Crippen LogP contribution in [0.2, 0.25) is 0 Å². The smallest absolute Gasteiger partial charge is 0.268 e. The predicted octanol–water partition coefficient (Wildman–Crippen LogP) is 2.95. The SMILES string of the molecule is CC(C)c1nc(N(C)[S+](C)[O-])nc(-c2ccc(F)cc2)c1C=O. The lowest BCUT2D eigenvalue weighted by Crippen LogP contribution is -2.27. The van der Waals surface area contributed by atoms with Crippen LogP contribution in [0.1, 0.15) is 35.8 Å². The number of nitrogens with zero attached hydrogens (tertiary/aromatic N) is 3. The highest BCUT2D eigenvalue weighted by Gasteiger charge is 2.22. The first-order valence-corrected chi connectivity index (χ1v) is 8.57. The van der Waals surface area contributed by atoms with Gasteiger partial charge in [0.15, 0.2) is 6.29 Å². The molecule has 1 aromatic carbocycles. The summed E-state index contributed by atoms with van der Waals surface area (Å²) in [5.41, 5.74) is 1.95. The number of hydrogen-bond acceptors (Lipinski definition) is 5. The van der Waals surface area contributed by atoms with E-state index in [1.807, 2.05) is 13.8 Å². The van der Waals surface area contributed by atoms with Crippen LogP contribution in [0.3, 0.4) is 0 Å². The average molecular weight is 335 g/mol. The Bertz CT molecular complexity index is 705. The first-order valence-electron chi connectivity index (χ1n) is 7.05. The van der Waals surface area contributed by atoms with Gasteiger partial charge in [-0.05, 0) is 30.2 Å². The summed E-state index contributed by atoms with van der Waals surface area (Å²) in [6.07, 6.45) is 2.23. The third-order valence-electron chi connectivity index (χ3n) is 3.41. The molecule has 0 saturated heterocycles. The van der Waals surface area contributed by atoms with Crippen molar-refractivity contribution in [3.05, 3.63) is 41.3 Å². The normalized spacial score (nSPS) is 12.3. The number of rotatable bonds is 5. The molecule has 7 heteroatoms. The van der Waals surface area contributed by atoms with E-state index in [-0.39, 0.29) is 17.7 Å². The molecule has 0 amide bonds. The van der Waals surface area contributed by atoms with Gasteiger partial charge < -0.3 is 4.55 Å². The highest BCUT2D eigenvalue weighted by molar-refractivity contribution is 7.92. The summed E-state index contributed by atoms with van der Waals surface area (Å²) in [6, 6.07) is 5.73. The first-order chi connectivity index (χ1) is 10.8. The van der Waals surface area contributed by atoms with Gasteiger partial charge in [0.25, 0.3) is 5.95 Å². The number of aldehydes is 1. The molecule has 1 aromatic heterocycles. The van der Waals surface area contributed by atoms with Gasteiger partial charge in [-0.1, -0.05) is 13.8 Å². The molecule has 0 fully saturated rings. The molecule has 23 heavy (non-hydrogen) atoms. The van der Waals surface area contributed by atoms with E-state index < -0.39 is 11.4 Å². The number of hydrogen-bond donors (Lipinski definition) is 0. The van der Waals surface area contributed by atoms with E-state index in [2.05, 4.69) is 9.97 Å². The van der Waals surface area contributed by atoms with Crippen LogP contribution in [-0.4, -0.2) is 34.1 Å². The summed E-state index contributed by atoms with van der Waals surface area (Å²) in [7, 11) is 1.62. The second kappa shape index (κ2) is 7.06. The van der Waals surface area contributed by atoms with Crippen LogP contribution < -0.4 is 4.31 Å². The molecule has 5 nitrogen and oxygen atoms in total. The molecule has 122 valence electrons. The summed E-state index contributed by atoms with van der Waals surface area (Å²) >= 11 is -1.30. The van der Waals surface area contributed by atoms with Crippen LogP contribution in [0.25, 0.3) is 11.3 Å². The predicted molar refractivity (Wildman–Crippen MR) is 89.4 cm³/mol. The Morgan fingerprint density at radius 2 is 1.87 bits per heavy atom. The van der Waals surface area contributed by atoms with E-state index in [4.69, 9.17) is 0 Å². The molecular formula is C16H18FN3O2S. The van der Waals surface area contributed by atoms with Crippen molar-refractivity contribution in [2.24, 2.45) is 0 Å².